The molecule has 0 aliphatic carbocycles. The molecule has 0 unspecified atom stereocenters. The van der Waals surface area contributed by atoms with Gasteiger partial charge in [-0.2, -0.15) is 0 Å². The van der Waals surface area contributed by atoms with E-state index in [1.165, 1.54) is 4.40 Å². The predicted octanol–water partition coefficient (Wildman–Crippen LogP) is 1.65. The van der Waals surface area contributed by atoms with Crippen LogP contribution in [0.5, 0.6) is 0 Å². The van der Waals surface area contributed by atoms with E-state index < -0.39 is 0 Å². The van der Waals surface area contributed by atoms with Gasteiger partial charge in [0.15, 0.2) is 0 Å². The van der Waals surface area contributed by atoms with Crippen LogP contribution in [0.2, 0.25) is 5.02 Å². The van der Waals surface area contributed by atoms with Crippen molar-refractivity contribution < 1.29 is 4.79 Å². The zero-order chi connectivity index (χ0) is 17.3. The van der Waals surface area contributed by atoms with Crippen LogP contribution in [0, 0.1) is 5.92 Å². The van der Waals surface area contributed by atoms with Crippen molar-refractivity contribution in [1.82, 2.24) is 19.2 Å². The molecule has 0 saturated carbocycles. The van der Waals surface area contributed by atoms with Crippen LogP contribution in [0.1, 0.15) is 19.5 Å². The first-order valence-corrected chi connectivity index (χ1v) is 8.51. The first-order valence-electron chi connectivity index (χ1n) is 8.13. The molecule has 1 aliphatic heterocycles. The number of hydrogen-bond acceptors (Lipinski definition) is 4. The minimum absolute atomic E-state index is 0.0329. The molecular formula is C17H21ClN4O2. The van der Waals surface area contributed by atoms with Crippen molar-refractivity contribution in [2.75, 3.05) is 26.2 Å². The fourth-order valence-electron chi connectivity index (χ4n) is 2.93. The second-order valence-corrected chi connectivity index (χ2v) is 6.85. The summed E-state index contributed by atoms with van der Waals surface area (Å²) in [7, 11) is 0. The lowest BCUT2D eigenvalue weighted by Gasteiger charge is -2.35. The normalized spacial score (nSPS) is 16.1. The van der Waals surface area contributed by atoms with Gasteiger partial charge in [-0.3, -0.25) is 18.9 Å². The number of piperazine rings is 1. The third-order valence-corrected chi connectivity index (χ3v) is 4.46. The van der Waals surface area contributed by atoms with E-state index in [0.717, 1.165) is 31.9 Å². The van der Waals surface area contributed by atoms with E-state index in [4.69, 9.17) is 11.6 Å². The Labute approximate surface area is 145 Å². The Morgan fingerprint density at radius 2 is 1.96 bits per heavy atom. The Morgan fingerprint density at radius 1 is 1.25 bits per heavy atom. The zero-order valence-corrected chi connectivity index (χ0v) is 14.7. The minimum Gasteiger partial charge on any atom is -0.340 e. The molecule has 2 aromatic heterocycles. The van der Waals surface area contributed by atoms with E-state index in [1.807, 2.05) is 18.7 Å². The number of nitrogens with zero attached hydrogens (tertiary/aromatic N) is 4. The Balaban J connectivity index is 1.69. The topological polar surface area (TPSA) is 57.9 Å². The number of pyridine rings is 1. The molecule has 128 valence electrons. The summed E-state index contributed by atoms with van der Waals surface area (Å²) in [5.74, 6) is 0.235. The molecule has 1 amide bonds. The number of amides is 1. The van der Waals surface area contributed by atoms with E-state index >= 15 is 0 Å². The van der Waals surface area contributed by atoms with Gasteiger partial charge >= 0.3 is 0 Å². The molecular weight excluding hydrogens is 328 g/mol. The fourth-order valence-corrected chi connectivity index (χ4v) is 3.09. The van der Waals surface area contributed by atoms with Crippen LogP contribution in [-0.4, -0.2) is 51.3 Å². The van der Waals surface area contributed by atoms with Gasteiger partial charge in [0, 0.05) is 50.9 Å². The highest BCUT2D eigenvalue weighted by Gasteiger charge is 2.23. The van der Waals surface area contributed by atoms with Crippen LogP contribution < -0.4 is 5.56 Å². The largest absolute Gasteiger partial charge is 0.340 e. The van der Waals surface area contributed by atoms with Gasteiger partial charge in [0.1, 0.15) is 5.65 Å². The highest BCUT2D eigenvalue weighted by atomic mass is 35.5. The molecule has 0 N–H and O–H groups in total. The van der Waals surface area contributed by atoms with Crippen LogP contribution in [0.3, 0.4) is 0 Å². The Morgan fingerprint density at radius 3 is 2.62 bits per heavy atom. The molecule has 0 aromatic carbocycles. The van der Waals surface area contributed by atoms with Gasteiger partial charge in [-0.05, 0) is 12.1 Å². The Bertz CT molecular complexity index is 810. The lowest BCUT2D eigenvalue weighted by Crippen LogP contribution is -2.49. The highest BCUT2D eigenvalue weighted by Crippen LogP contribution is 2.11. The number of fused-ring (bicyclic) bond motifs is 1. The van der Waals surface area contributed by atoms with Crippen LogP contribution in [0.15, 0.2) is 29.2 Å². The SMILES string of the molecule is CC(C)C(=O)N1CCN(Cc2cc(=O)n3cc(Cl)ccc3n2)CC1. The highest BCUT2D eigenvalue weighted by molar-refractivity contribution is 6.30. The van der Waals surface area contributed by atoms with Crippen LogP contribution in [0.4, 0.5) is 0 Å². The predicted molar refractivity (Wildman–Crippen MR) is 93.2 cm³/mol. The maximum Gasteiger partial charge on any atom is 0.258 e. The van der Waals surface area contributed by atoms with Crippen molar-refractivity contribution in [1.29, 1.82) is 0 Å². The fraction of sp³-hybridized carbons (Fsp3) is 0.471. The first-order chi connectivity index (χ1) is 11.4. The van der Waals surface area contributed by atoms with Gasteiger partial charge in [-0.1, -0.05) is 25.4 Å². The molecule has 7 heteroatoms. The molecule has 0 atom stereocenters. The van der Waals surface area contributed by atoms with Crippen LogP contribution >= 0.6 is 11.6 Å². The van der Waals surface area contributed by atoms with Crippen molar-refractivity contribution in [3.63, 3.8) is 0 Å². The smallest absolute Gasteiger partial charge is 0.258 e. The van der Waals surface area contributed by atoms with E-state index in [0.29, 0.717) is 17.2 Å². The number of aromatic nitrogens is 2. The average molecular weight is 349 g/mol. The first kappa shape index (κ1) is 16.9. The molecule has 3 heterocycles. The lowest BCUT2D eigenvalue weighted by molar-refractivity contribution is -0.136. The lowest BCUT2D eigenvalue weighted by atomic mass is 10.1. The number of hydrogen-bond donors (Lipinski definition) is 0. The summed E-state index contributed by atoms with van der Waals surface area (Å²) in [6, 6.07) is 5.02. The second kappa shape index (κ2) is 6.91. The molecule has 0 bridgehead atoms. The van der Waals surface area contributed by atoms with Gasteiger partial charge in [-0.25, -0.2) is 4.98 Å². The molecule has 1 aliphatic rings. The summed E-state index contributed by atoms with van der Waals surface area (Å²) in [4.78, 5) is 32.9. The molecule has 3 rings (SSSR count). The third kappa shape index (κ3) is 3.60. The van der Waals surface area contributed by atoms with Gasteiger partial charge in [0.05, 0.1) is 10.7 Å². The molecule has 0 radical (unpaired) electrons. The maximum absolute atomic E-state index is 12.2. The van der Waals surface area contributed by atoms with Gasteiger partial charge < -0.3 is 4.90 Å². The van der Waals surface area contributed by atoms with Crippen LogP contribution in [0.25, 0.3) is 5.65 Å². The summed E-state index contributed by atoms with van der Waals surface area (Å²) in [6.07, 6.45) is 1.58. The second-order valence-electron chi connectivity index (χ2n) is 6.42. The summed E-state index contributed by atoms with van der Waals surface area (Å²) in [5.41, 5.74) is 1.20. The third-order valence-electron chi connectivity index (χ3n) is 4.24. The van der Waals surface area contributed by atoms with Crippen molar-refractivity contribution in [2.24, 2.45) is 5.92 Å². The molecule has 24 heavy (non-hydrogen) atoms. The summed E-state index contributed by atoms with van der Waals surface area (Å²) in [6.45, 7) is 7.48. The molecule has 6 nitrogen and oxygen atoms in total. The van der Waals surface area contributed by atoms with Crippen molar-refractivity contribution >= 4 is 23.2 Å². The average Bonchev–Trinajstić information content (AvgIpc) is 2.55. The van der Waals surface area contributed by atoms with Gasteiger partial charge in [0.25, 0.3) is 5.56 Å². The zero-order valence-electron chi connectivity index (χ0n) is 13.9. The monoisotopic (exact) mass is 348 g/mol. The molecule has 0 spiro atoms. The van der Waals surface area contributed by atoms with E-state index in [1.54, 1.807) is 24.4 Å². The number of halogens is 1. The Hall–Kier alpha value is -1.92. The van der Waals surface area contributed by atoms with E-state index in [9.17, 15) is 9.59 Å². The molecule has 1 saturated heterocycles. The van der Waals surface area contributed by atoms with Crippen molar-refractivity contribution in [3.8, 4) is 0 Å². The number of carbonyl (C=O) groups excluding carboxylic acids is 1. The van der Waals surface area contributed by atoms with E-state index in [-0.39, 0.29) is 17.4 Å². The van der Waals surface area contributed by atoms with Crippen molar-refractivity contribution in [2.45, 2.75) is 20.4 Å². The molecule has 1 fully saturated rings. The maximum atomic E-state index is 12.2. The summed E-state index contributed by atoms with van der Waals surface area (Å²) in [5, 5.41) is 0.505. The molecule has 2 aromatic rings. The van der Waals surface area contributed by atoms with Gasteiger partial charge in [-0.15, -0.1) is 0 Å². The Kier molecular flexibility index (Phi) is 4.87. The van der Waals surface area contributed by atoms with E-state index in [2.05, 4.69) is 9.88 Å². The standard InChI is InChI=1S/C17H21ClN4O2/c1-12(2)17(24)21-7-5-20(6-8-21)11-14-9-16(23)22-10-13(18)3-4-15(22)19-14/h3-4,9-10,12H,5-8,11H2,1-2H3. The summed E-state index contributed by atoms with van der Waals surface area (Å²) < 4.78 is 1.45. The quantitative estimate of drug-likeness (QED) is 0.846. The minimum atomic E-state index is -0.133. The van der Waals surface area contributed by atoms with Crippen molar-refractivity contribution in [3.05, 3.63) is 45.5 Å². The number of carbonyl (C=O) groups is 1. The summed E-state index contributed by atoms with van der Waals surface area (Å²) >= 11 is 5.92. The number of rotatable bonds is 3. The van der Waals surface area contributed by atoms with Gasteiger partial charge in [0.2, 0.25) is 5.91 Å². The van der Waals surface area contributed by atoms with Crippen LogP contribution in [-0.2, 0) is 11.3 Å².